The van der Waals surface area contributed by atoms with E-state index < -0.39 is 27.6 Å². The number of carbonyl (C=O) groups is 1. The van der Waals surface area contributed by atoms with E-state index in [0.717, 1.165) is 18.2 Å². The largest absolute Gasteiger partial charge is 0.416 e. The zero-order valence-corrected chi connectivity index (χ0v) is 15.6. The molecule has 26 heavy (non-hydrogen) atoms. The Morgan fingerprint density at radius 2 is 1.81 bits per heavy atom. The van der Waals surface area contributed by atoms with Gasteiger partial charge in [-0.1, -0.05) is 52.5 Å². The molecule has 1 aromatic carbocycles. The minimum Gasteiger partial charge on any atom is -0.361 e. The van der Waals surface area contributed by atoms with Crippen molar-refractivity contribution in [2.45, 2.75) is 16.1 Å². The fraction of sp³-hybridized carbons (Fsp3) is 0.200. The van der Waals surface area contributed by atoms with Gasteiger partial charge >= 0.3 is 6.18 Å². The third kappa shape index (κ3) is 5.54. The molecule has 0 radical (unpaired) electrons. The Kier molecular flexibility index (Phi) is 6.50. The predicted octanol–water partition coefficient (Wildman–Crippen LogP) is 5.29. The molecule has 0 bridgehead atoms. The van der Waals surface area contributed by atoms with E-state index in [2.05, 4.69) is 15.6 Å². The van der Waals surface area contributed by atoms with E-state index in [1.165, 1.54) is 12.3 Å². The quantitative estimate of drug-likeness (QED) is 0.495. The second kappa shape index (κ2) is 8.08. The highest BCUT2D eigenvalue weighted by molar-refractivity contribution is 6.68. The SMILES string of the molecule is O=C(N[C@@H](Nc1cc(C(F)(F)F)ccc1Cl)C(Cl)(Cl)Cl)c1ccccn1. The van der Waals surface area contributed by atoms with Crippen LogP contribution < -0.4 is 10.6 Å². The van der Waals surface area contributed by atoms with Crippen LogP contribution in [0.25, 0.3) is 0 Å². The van der Waals surface area contributed by atoms with Gasteiger partial charge in [0.05, 0.1) is 16.3 Å². The van der Waals surface area contributed by atoms with Crippen LogP contribution in [-0.4, -0.2) is 20.8 Å². The average Bonchev–Trinajstić information content (AvgIpc) is 2.54. The summed E-state index contributed by atoms with van der Waals surface area (Å²) in [4.78, 5) is 16.0. The summed E-state index contributed by atoms with van der Waals surface area (Å²) in [6, 6.07) is 7.20. The summed E-state index contributed by atoms with van der Waals surface area (Å²) in [5.41, 5.74) is -1.09. The Morgan fingerprint density at radius 1 is 1.12 bits per heavy atom. The lowest BCUT2D eigenvalue weighted by Gasteiger charge is -2.28. The molecule has 1 heterocycles. The van der Waals surface area contributed by atoms with Gasteiger partial charge in [0, 0.05) is 6.20 Å². The normalized spacial score (nSPS) is 13.2. The molecule has 0 unspecified atom stereocenters. The molecule has 0 saturated heterocycles. The lowest BCUT2D eigenvalue weighted by Crippen LogP contribution is -2.49. The van der Waals surface area contributed by atoms with Gasteiger partial charge in [0.2, 0.25) is 3.79 Å². The van der Waals surface area contributed by atoms with Crippen molar-refractivity contribution in [2.75, 3.05) is 5.32 Å². The van der Waals surface area contributed by atoms with Gasteiger partial charge in [-0.3, -0.25) is 9.78 Å². The highest BCUT2D eigenvalue weighted by Crippen LogP contribution is 2.36. The third-order valence-electron chi connectivity index (χ3n) is 3.09. The van der Waals surface area contributed by atoms with E-state index >= 15 is 0 Å². The fourth-order valence-electron chi connectivity index (χ4n) is 1.87. The molecule has 2 rings (SSSR count). The number of rotatable bonds is 4. The lowest BCUT2D eigenvalue weighted by atomic mass is 10.2. The second-order valence-electron chi connectivity index (χ2n) is 5.00. The van der Waals surface area contributed by atoms with E-state index in [4.69, 9.17) is 46.4 Å². The molecule has 0 spiro atoms. The van der Waals surface area contributed by atoms with Gasteiger partial charge in [0.25, 0.3) is 5.91 Å². The Bertz CT molecular complexity index is 782. The van der Waals surface area contributed by atoms with Crippen LogP contribution in [0, 0.1) is 0 Å². The van der Waals surface area contributed by atoms with Crippen molar-refractivity contribution >= 4 is 58.0 Å². The summed E-state index contributed by atoms with van der Waals surface area (Å²) in [6.07, 6.45) is -4.59. The van der Waals surface area contributed by atoms with Gasteiger partial charge < -0.3 is 10.6 Å². The van der Waals surface area contributed by atoms with Gasteiger partial charge in [-0.25, -0.2) is 0 Å². The zero-order valence-electron chi connectivity index (χ0n) is 12.6. The summed E-state index contributed by atoms with van der Waals surface area (Å²) < 4.78 is 36.5. The van der Waals surface area contributed by atoms with Crippen molar-refractivity contribution in [2.24, 2.45) is 0 Å². The second-order valence-corrected chi connectivity index (χ2v) is 7.78. The van der Waals surface area contributed by atoms with Gasteiger partial charge in [-0.05, 0) is 30.3 Å². The van der Waals surface area contributed by atoms with Crippen molar-refractivity contribution in [1.29, 1.82) is 0 Å². The average molecular weight is 447 g/mol. The molecule has 11 heteroatoms. The van der Waals surface area contributed by atoms with E-state index in [1.54, 1.807) is 12.1 Å². The van der Waals surface area contributed by atoms with Crippen molar-refractivity contribution in [3.8, 4) is 0 Å². The first kappa shape index (κ1) is 20.9. The summed E-state index contributed by atoms with van der Waals surface area (Å²) in [5.74, 6) is -0.697. The van der Waals surface area contributed by atoms with E-state index in [-0.39, 0.29) is 16.4 Å². The number of amides is 1. The number of halogens is 7. The highest BCUT2D eigenvalue weighted by atomic mass is 35.6. The number of nitrogens with one attached hydrogen (secondary N) is 2. The molecule has 0 aliphatic heterocycles. The Labute approximate surface area is 166 Å². The zero-order chi connectivity index (χ0) is 19.5. The Morgan fingerprint density at radius 3 is 2.35 bits per heavy atom. The van der Waals surface area contributed by atoms with Crippen LogP contribution >= 0.6 is 46.4 Å². The van der Waals surface area contributed by atoms with Crippen LogP contribution in [0.5, 0.6) is 0 Å². The first-order valence-electron chi connectivity index (χ1n) is 6.90. The maximum absolute atomic E-state index is 12.9. The molecule has 0 saturated carbocycles. The summed E-state index contributed by atoms with van der Waals surface area (Å²) in [7, 11) is 0. The molecule has 1 atom stereocenters. The van der Waals surface area contributed by atoms with E-state index in [0.29, 0.717) is 0 Å². The molecular weight excluding hydrogens is 437 g/mol. The molecule has 0 aliphatic rings. The highest BCUT2D eigenvalue weighted by Gasteiger charge is 2.36. The van der Waals surface area contributed by atoms with Crippen LogP contribution in [0.3, 0.4) is 0 Å². The molecule has 1 amide bonds. The standard InChI is InChI=1S/C15H10Cl4F3N3O/c16-9-5-4-8(15(20,21)22)7-11(9)24-13(14(17,18)19)25-12(26)10-3-1-2-6-23-10/h1-7,13,24H,(H,25,26)/t13-/m1/s1. The maximum Gasteiger partial charge on any atom is 0.416 e. The minimum absolute atomic E-state index is 0.0312. The third-order valence-corrected chi connectivity index (χ3v) is 4.08. The van der Waals surface area contributed by atoms with Crippen LogP contribution in [0.4, 0.5) is 18.9 Å². The number of nitrogens with zero attached hydrogens (tertiary/aromatic N) is 1. The van der Waals surface area contributed by atoms with Crippen LogP contribution in [0.15, 0.2) is 42.6 Å². The predicted molar refractivity (Wildman–Crippen MR) is 95.9 cm³/mol. The molecule has 2 N–H and O–H groups in total. The number of hydrogen-bond donors (Lipinski definition) is 2. The number of pyridine rings is 1. The van der Waals surface area contributed by atoms with Crippen LogP contribution in [0.1, 0.15) is 16.1 Å². The monoisotopic (exact) mass is 445 g/mol. The minimum atomic E-state index is -4.59. The lowest BCUT2D eigenvalue weighted by molar-refractivity contribution is -0.137. The summed E-state index contributed by atoms with van der Waals surface area (Å²) in [6.45, 7) is 0. The van der Waals surface area contributed by atoms with Crippen molar-refractivity contribution in [3.63, 3.8) is 0 Å². The summed E-state index contributed by atoms with van der Waals surface area (Å²) in [5, 5.41) is 4.82. The number of carbonyl (C=O) groups excluding carboxylic acids is 1. The first-order valence-corrected chi connectivity index (χ1v) is 8.41. The number of anilines is 1. The van der Waals surface area contributed by atoms with Crippen LogP contribution in [0.2, 0.25) is 5.02 Å². The smallest absolute Gasteiger partial charge is 0.361 e. The van der Waals surface area contributed by atoms with Gasteiger partial charge in [0.15, 0.2) is 0 Å². The molecule has 0 fully saturated rings. The summed E-state index contributed by atoms with van der Waals surface area (Å²) >= 11 is 23.4. The van der Waals surface area contributed by atoms with E-state index in [1.807, 2.05) is 0 Å². The van der Waals surface area contributed by atoms with Crippen LogP contribution in [-0.2, 0) is 6.18 Å². The Balaban J connectivity index is 2.28. The number of hydrogen-bond acceptors (Lipinski definition) is 3. The number of alkyl halides is 6. The van der Waals surface area contributed by atoms with Gasteiger partial charge in [-0.15, -0.1) is 0 Å². The molecular formula is C15H10Cl4F3N3O. The molecule has 1 aromatic heterocycles. The van der Waals surface area contributed by atoms with Crippen molar-refractivity contribution in [1.82, 2.24) is 10.3 Å². The van der Waals surface area contributed by atoms with Gasteiger partial charge in [-0.2, -0.15) is 13.2 Å². The van der Waals surface area contributed by atoms with Crippen molar-refractivity contribution in [3.05, 3.63) is 58.9 Å². The molecule has 140 valence electrons. The van der Waals surface area contributed by atoms with E-state index in [9.17, 15) is 18.0 Å². The maximum atomic E-state index is 12.9. The first-order chi connectivity index (χ1) is 12.0. The van der Waals surface area contributed by atoms with Gasteiger partial charge in [0.1, 0.15) is 11.9 Å². The fourth-order valence-corrected chi connectivity index (χ4v) is 2.37. The Hall–Kier alpha value is -1.41. The number of aromatic nitrogens is 1. The molecule has 4 nitrogen and oxygen atoms in total. The number of benzene rings is 1. The van der Waals surface area contributed by atoms with Crippen molar-refractivity contribution < 1.29 is 18.0 Å². The topological polar surface area (TPSA) is 54.0 Å². The molecule has 2 aromatic rings. The molecule has 0 aliphatic carbocycles.